The highest BCUT2D eigenvalue weighted by Gasteiger charge is 2.17. The van der Waals surface area contributed by atoms with Crippen LogP contribution in [0.25, 0.3) is 11.4 Å². The monoisotopic (exact) mass is 218 g/mol. The second kappa shape index (κ2) is 3.38. The topological polar surface area (TPSA) is 28.7 Å². The summed E-state index contributed by atoms with van der Waals surface area (Å²) in [6.45, 7) is 0. The lowest BCUT2D eigenvalue weighted by Crippen LogP contribution is -1.92. The Labute approximate surface area is 93.3 Å². The zero-order valence-corrected chi connectivity index (χ0v) is 9.01. The van der Waals surface area contributed by atoms with Crippen molar-refractivity contribution in [3.63, 3.8) is 0 Å². The minimum absolute atomic E-state index is 0.863. The van der Waals surface area contributed by atoms with E-state index in [1.165, 1.54) is 17.7 Å². The number of fused-ring (bicyclic) bond motifs is 1. The normalized spacial score (nSPS) is 14.2. The highest BCUT2D eigenvalue weighted by atomic mass is 35.5. The molecule has 1 N–H and O–H groups in total. The number of aromatic nitrogens is 2. The fourth-order valence-electron chi connectivity index (χ4n) is 2.12. The maximum Gasteiger partial charge on any atom is 0.0882 e. The Morgan fingerprint density at radius 2 is 2.27 bits per heavy atom. The van der Waals surface area contributed by atoms with Crippen LogP contribution in [-0.2, 0) is 12.8 Å². The number of nitrogens with one attached hydrogen (secondary N) is 1. The van der Waals surface area contributed by atoms with Crippen molar-refractivity contribution in [2.24, 2.45) is 0 Å². The lowest BCUT2D eigenvalue weighted by atomic mass is 10.2. The summed E-state index contributed by atoms with van der Waals surface area (Å²) in [4.78, 5) is 7.79. The van der Waals surface area contributed by atoms with Crippen molar-refractivity contribution in [2.45, 2.75) is 19.3 Å². The average Bonchev–Trinajstić information content (AvgIpc) is 2.88. The van der Waals surface area contributed by atoms with Crippen molar-refractivity contribution in [2.75, 3.05) is 0 Å². The second-order valence-corrected chi connectivity index (χ2v) is 4.26. The summed E-state index contributed by atoms with van der Waals surface area (Å²) in [5.41, 5.74) is 4.40. The number of hydrogen-bond donors (Lipinski definition) is 1. The molecule has 3 rings (SSSR count). The van der Waals surface area contributed by atoms with Gasteiger partial charge in [-0.2, -0.15) is 0 Å². The Kier molecular flexibility index (Phi) is 2.03. The van der Waals surface area contributed by atoms with Crippen LogP contribution in [0.15, 0.2) is 24.4 Å². The smallest absolute Gasteiger partial charge is 0.0882 e. The Morgan fingerprint density at radius 3 is 3.07 bits per heavy atom. The van der Waals surface area contributed by atoms with Crippen molar-refractivity contribution in [3.8, 4) is 11.4 Å². The Morgan fingerprint density at radius 1 is 1.33 bits per heavy atom. The van der Waals surface area contributed by atoms with E-state index in [0.29, 0.717) is 0 Å². The first-order valence-electron chi connectivity index (χ1n) is 5.16. The number of rotatable bonds is 1. The van der Waals surface area contributed by atoms with Gasteiger partial charge in [-0.3, -0.25) is 4.98 Å². The molecule has 2 heterocycles. The van der Waals surface area contributed by atoms with Gasteiger partial charge in [-0.25, -0.2) is 0 Å². The van der Waals surface area contributed by atoms with E-state index >= 15 is 0 Å². The minimum Gasteiger partial charge on any atom is -0.360 e. The molecule has 1 aliphatic rings. The summed E-state index contributed by atoms with van der Waals surface area (Å²) in [6.07, 6.45) is 5.21. The predicted octanol–water partition coefficient (Wildman–Crippen LogP) is 3.22. The van der Waals surface area contributed by atoms with E-state index in [1.54, 1.807) is 0 Å². The van der Waals surface area contributed by atoms with Gasteiger partial charge in [0.25, 0.3) is 0 Å². The van der Waals surface area contributed by atoms with Gasteiger partial charge in [-0.05, 0) is 43.0 Å². The molecule has 0 atom stereocenters. The van der Waals surface area contributed by atoms with Crippen LogP contribution >= 0.6 is 11.6 Å². The van der Waals surface area contributed by atoms with Gasteiger partial charge in [0.2, 0.25) is 0 Å². The second-order valence-electron chi connectivity index (χ2n) is 3.85. The molecule has 0 aliphatic heterocycles. The van der Waals surface area contributed by atoms with Crippen molar-refractivity contribution >= 4 is 11.6 Å². The third-order valence-electron chi connectivity index (χ3n) is 2.87. The molecule has 0 radical (unpaired) electrons. The van der Waals surface area contributed by atoms with Gasteiger partial charge in [0.15, 0.2) is 0 Å². The summed E-state index contributed by atoms with van der Waals surface area (Å²) < 4.78 is 0. The van der Waals surface area contributed by atoms with Crippen LogP contribution in [0.2, 0.25) is 5.02 Å². The molecule has 2 nitrogen and oxygen atoms in total. The SMILES string of the molecule is Clc1cc(-c2ccc[nH]2)nc2c1CCC2. The van der Waals surface area contributed by atoms with Gasteiger partial charge in [0.05, 0.1) is 11.4 Å². The summed E-state index contributed by atoms with van der Waals surface area (Å²) in [6, 6.07) is 5.94. The molecular formula is C12H11ClN2. The molecule has 0 saturated carbocycles. The first-order valence-corrected chi connectivity index (χ1v) is 5.54. The summed E-state index contributed by atoms with van der Waals surface area (Å²) in [7, 11) is 0. The van der Waals surface area contributed by atoms with Gasteiger partial charge >= 0.3 is 0 Å². The van der Waals surface area contributed by atoms with Crippen LogP contribution in [0.1, 0.15) is 17.7 Å². The molecule has 0 unspecified atom stereocenters. The van der Waals surface area contributed by atoms with Crippen LogP contribution in [-0.4, -0.2) is 9.97 Å². The number of H-pyrrole nitrogens is 1. The zero-order chi connectivity index (χ0) is 10.3. The summed E-state index contributed by atoms with van der Waals surface area (Å²) in [5.74, 6) is 0. The first-order chi connectivity index (χ1) is 7.34. The fraction of sp³-hybridized carbons (Fsp3) is 0.250. The standard InChI is InChI=1S/C12H11ClN2/c13-9-7-12(11-5-2-6-14-11)15-10-4-1-3-8(9)10/h2,5-7,14H,1,3-4H2. The van der Waals surface area contributed by atoms with E-state index < -0.39 is 0 Å². The van der Waals surface area contributed by atoms with E-state index in [0.717, 1.165) is 29.3 Å². The van der Waals surface area contributed by atoms with E-state index in [9.17, 15) is 0 Å². The minimum atomic E-state index is 0.863. The molecule has 0 bridgehead atoms. The van der Waals surface area contributed by atoms with Crippen molar-refractivity contribution in [1.29, 1.82) is 0 Å². The van der Waals surface area contributed by atoms with E-state index in [1.807, 2.05) is 24.4 Å². The number of aromatic amines is 1. The number of aryl methyl sites for hydroxylation is 1. The van der Waals surface area contributed by atoms with Gasteiger partial charge in [-0.1, -0.05) is 11.6 Å². The first kappa shape index (κ1) is 8.98. The summed E-state index contributed by atoms with van der Waals surface area (Å²) in [5, 5.41) is 0.863. The predicted molar refractivity (Wildman–Crippen MR) is 61.1 cm³/mol. The van der Waals surface area contributed by atoms with Crippen LogP contribution in [0, 0.1) is 0 Å². The van der Waals surface area contributed by atoms with Gasteiger partial charge in [0.1, 0.15) is 0 Å². The molecule has 2 aromatic rings. The molecule has 2 aromatic heterocycles. The van der Waals surface area contributed by atoms with Crippen LogP contribution < -0.4 is 0 Å². The average molecular weight is 219 g/mol. The Bertz CT molecular complexity index is 489. The maximum atomic E-state index is 6.24. The Hall–Kier alpha value is -1.28. The molecule has 0 spiro atoms. The molecule has 3 heteroatoms. The van der Waals surface area contributed by atoms with Crippen molar-refractivity contribution < 1.29 is 0 Å². The largest absolute Gasteiger partial charge is 0.360 e. The fourth-order valence-corrected chi connectivity index (χ4v) is 2.43. The van der Waals surface area contributed by atoms with Crippen LogP contribution in [0.3, 0.4) is 0 Å². The van der Waals surface area contributed by atoms with Crippen molar-refractivity contribution in [1.82, 2.24) is 9.97 Å². The molecule has 76 valence electrons. The van der Waals surface area contributed by atoms with E-state index in [2.05, 4.69) is 9.97 Å². The molecule has 1 aliphatic carbocycles. The molecule has 0 amide bonds. The molecule has 15 heavy (non-hydrogen) atoms. The highest BCUT2D eigenvalue weighted by molar-refractivity contribution is 6.31. The highest BCUT2D eigenvalue weighted by Crippen LogP contribution is 2.30. The molecular weight excluding hydrogens is 208 g/mol. The third-order valence-corrected chi connectivity index (χ3v) is 3.21. The molecule has 0 aromatic carbocycles. The van der Waals surface area contributed by atoms with Crippen LogP contribution in [0.4, 0.5) is 0 Å². The van der Waals surface area contributed by atoms with Gasteiger partial charge < -0.3 is 4.98 Å². The van der Waals surface area contributed by atoms with E-state index in [-0.39, 0.29) is 0 Å². The zero-order valence-electron chi connectivity index (χ0n) is 8.26. The maximum absolute atomic E-state index is 6.24. The molecule has 0 saturated heterocycles. The van der Waals surface area contributed by atoms with E-state index in [4.69, 9.17) is 11.6 Å². The molecule has 0 fully saturated rings. The van der Waals surface area contributed by atoms with Crippen LogP contribution in [0.5, 0.6) is 0 Å². The van der Waals surface area contributed by atoms with Crippen molar-refractivity contribution in [3.05, 3.63) is 40.7 Å². The Balaban J connectivity index is 2.15. The number of nitrogens with zero attached hydrogens (tertiary/aromatic N) is 1. The quantitative estimate of drug-likeness (QED) is 0.782. The van der Waals surface area contributed by atoms with Gasteiger partial charge in [0, 0.05) is 16.9 Å². The number of halogens is 1. The lowest BCUT2D eigenvalue weighted by Gasteiger charge is -2.04. The summed E-state index contributed by atoms with van der Waals surface area (Å²) >= 11 is 6.24. The number of hydrogen-bond acceptors (Lipinski definition) is 1. The number of pyridine rings is 1. The third kappa shape index (κ3) is 1.45. The lowest BCUT2D eigenvalue weighted by molar-refractivity contribution is 0.900. The van der Waals surface area contributed by atoms with Gasteiger partial charge in [-0.15, -0.1) is 0 Å².